The molecule has 0 amide bonds. The predicted molar refractivity (Wildman–Crippen MR) is 98.7 cm³/mol. The van der Waals surface area contributed by atoms with Crippen molar-refractivity contribution in [2.45, 2.75) is 31.7 Å². The molecule has 140 valence electrons. The molecule has 3 heterocycles. The van der Waals surface area contributed by atoms with Crippen LogP contribution in [0.2, 0.25) is 0 Å². The maximum atomic E-state index is 9.20. The zero-order chi connectivity index (χ0) is 18.0. The molecule has 2 atom stereocenters. The highest BCUT2D eigenvalue weighted by Gasteiger charge is 2.54. The number of benzene rings is 1. The summed E-state index contributed by atoms with van der Waals surface area (Å²) in [5, 5.41) is 13.3. The summed E-state index contributed by atoms with van der Waals surface area (Å²) >= 11 is 0. The molecule has 2 aliphatic heterocycles. The fourth-order valence-corrected chi connectivity index (χ4v) is 4.69. The van der Waals surface area contributed by atoms with Gasteiger partial charge in [0.05, 0.1) is 5.41 Å². The Labute approximate surface area is 154 Å². The van der Waals surface area contributed by atoms with Gasteiger partial charge >= 0.3 is 0 Å². The van der Waals surface area contributed by atoms with Gasteiger partial charge in [-0.15, -0.1) is 0 Å². The van der Waals surface area contributed by atoms with Crippen LogP contribution in [-0.2, 0) is 12.0 Å². The second-order valence-electron chi connectivity index (χ2n) is 7.80. The van der Waals surface area contributed by atoms with Crippen molar-refractivity contribution >= 4 is 0 Å². The molecule has 26 heavy (non-hydrogen) atoms. The van der Waals surface area contributed by atoms with Gasteiger partial charge in [0.15, 0.2) is 5.82 Å². The molecule has 2 fully saturated rings. The Morgan fingerprint density at radius 1 is 1.23 bits per heavy atom. The van der Waals surface area contributed by atoms with E-state index in [1.54, 1.807) is 0 Å². The van der Waals surface area contributed by atoms with E-state index >= 15 is 0 Å². The van der Waals surface area contributed by atoms with Gasteiger partial charge < -0.3 is 14.5 Å². The van der Waals surface area contributed by atoms with Crippen molar-refractivity contribution in [3.63, 3.8) is 0 Å². The van der Waals surface area contributed by atoms with Crippen molar-refractivity contribution < 1.29 is 9.63 Å². The second kappa shape index (κ2) is 7.47. The Kier molecular flexibility index (Phi) is 5.07. The van der Waals surface area contributed by atoms with Crippen LogP contribution in [0.1, 0.15) is 30.1 Å². The minimum Gasteiger partial charge on any atom is -0.396 e. The molecule has 0 spiro atoms. The SMILES string of the molecule is Cc1noc([C@]23CN(Cc4ccccc4)CC[C@H]2CN(CCCO)C3)n1. The lowest BCUT2D eigenvalue weighted by Gasteiger charge is -2.42. The van der Waals surface area contributed by atoms with Crippen molar-refractivity contribution in [1.29, 1.82) is 0 Å². The Morgan fingerprint density at radius 2 is 2.04 bits per heavy atom. The first-order valence-corrected chi connectivity index (χ1v) is 9.60. The summed E-state index contributed by atoms with van der Waals surface area (Å²) in [6, 6.07) is 10.7. The molecule has 0 aliphatic carbocycles. The molecule has 6 nitrogen and oxygen atoms in total. The molecule has 1 N–H and O–H groups in total. The lowest BCUT2D eigenvalue weighted by atomic mass is 9.73. The molecule has 0 saturated carbocycles. The predicted octanol–water partition coefficient (Wildman–Crippen LogP) is 1.84. The van der Waals surface area contributed by atoms with Crippen LogP contribution in [0.5, 0.6) is 0 Å². The number of fused-ring (bicyclic) bond motifs is 1. The van der Waals surface area contributed by atoms with Gasteiger partial charge in [-0.25, -0.2) is 0 Å². The second-order valence-corrected chi connectivity index (χ2v) is 7.80. The van der Waals surface area contributed by atoms with Gasteiger partial charge in [0.25, 0.3) is 0 Å². The van der Waals surface area contributed by atoms with E-state index in [0.29, 0.717) is 11.7 Å². The summed E-state index contributed by atoms with van der Waals surface area (Å²) in [6.45, 7) is 8.06. The van der Waals surface area contributed by atoms with Crippen molar-refractivity contribution in [2.75, 3.05) is 39.3 Å². The minimum atomic E-state index is -0.0935. The molecular weight excluding hydrogens is 328 g/mol. The highest BCUT2D eigenvalue weighted by Crippen LogP contribution is 2.44. The fourth-order valence-electron chi connectivity index (χ4n) is 4.69. The summed E-state index contributed by atoms with van der Waals surface area (Å²) in [5.41, 5.74) is 1.25. The largest absolute Gasteiger partial charge is 0.396 e. The lowest BCUT2D eigenvalue weighted by molar-refractivity contribution is 0.0876. The molecule has 2 aromatic rings. The average molecular weight is 356 g/mol. The van der Waals surface area contributed by atoms with Crippen LogP contribution in [0.3, 0.4) is 0 Å². The Bertz CT molecular complexity index is 720. The quantitative estimate of drug-likeness (QED) is 0.852. The van der Waals surface area contributed by atoms with E-state index in [2.05, 4.69) is 50.3 Å². The third-order valence-electron chi connectivity index (χ3n) is 5.90. The molecule has 1 aromatic carbocycles. The van der Waals surface area contributed by atoms with Crippen molar-refractivity contribution in [1.82, 2.24) is 19.9 Å². The van der Waals surface area contributed by atoms with Gasteiger partial charge in [-0.05, 0) is 37.8 Å². The lowest BCUT2D eigenvalue weighted by Crippen LogP contribution is -2.51. The number of hydrogen-bond acceptors (Lipinski definition) is 6. The van der Waals surface area contributed by atoms with Crippen LogP contribution < -0.4 is 0 Å². The van der Waals surface area contributed by atoms with E-state index in [4.69, 9.17) is 4.52 Å². The molecule has 2 aliphatic rings. The molecule has 4 rings (SSSR count). The summed E-state index contributed by atoms with van der Waals surface area (Å²) in [5.74, 6) is 2.04. The number of aliphatic hydroxyl groups excluding tert-OH is 1. The summed E-state index contributed by atoms with van der Waals surface area (Å²) in [6.07, 6.45) is 1.96. The van der Waals surface area contributed by atoms with Crippen LogP contribution in [0.4, 0.5) is 0 Å². The Morgan fingerprint density at radius 3 is 2.77 bits per heavy atom. The summed E-state index contributed by atoms with van der Waals surface area (Å²) < 4.78 is 5.70. The zero-order valence-corrected chi connectivity index (χ0v) is 15.5. The number of aromatic nitrogens is 2. The van der Waals surface area contributed by atoms with Crippen molar-refractivity contribution in [2.24, 2.45) is 5.92 Å². The van der Waals surface area contributed by atoms with Crippen LogP contribution in [0.25, 0.3) is 0 Å². The van der Waals surface area contributed by atoms with E-state index < -0.39 is 0 Å². The maximum Gasteiger partial charge on any atom is 0.235 e. The molecule has 0 unspecified atom stereocenters. The molecule has 0 radical (unpaired) electrons. The monoisotopic (exact) mass is 356 g/mol. The smallest absolute Gasteiger partial charge is 0.235 e. The van der Waals surface area contributed by atoms with Crippen molar-refractivity contribution in [3.8, 4) is 0 Å². The van der Waals surface area contributed by atoms with Gasteiger partial charge in [-0.1, -0.05) is 35.5 Å². The number of hydrogen-bond donors (Lipinski definition) is 1. The molecule has 6 heteroatoms. The number of aliphatic hydroxyl groups is 1. The molecular formula is C20H28N4O2. The Balaban J connectivity index is 1.57. The van der Waals surface area contributed by atoms with Crippen LogP contribution in [0.15, 0.2) is 34.9 Å². The fraction of sp³-hybridized carbons (Fsp3) is 0.600. The summed E-state index contributed by atoms with van der Waals surface area (Å²) in [4.78, 5) is 9.64. The topological polar surface area (TPSA) is 65.6 Å². The number of piperidine rings is 1. The first-order valence-electron chi connectivity index (χ1n) is 9.60. The number of likely N-dealkylation sites (tertiary alicyclic amines) is 2. The van der Waals surface area contributed by atoms with Crippen molar-refractivity contribution in [3.05, 3.63) is 47.6 Å². The highest BCUT2D eigenvalue weighted by molar-refractivity contribution is 5.19. The number of rotatable bonds is 6. The highest BCUT2D eigenvalue weighted by atomic mass is 16.5. The minimum absolute atomic E-state index is 0.0935. The van der Waals surface area contributed by atoms with E-state index in [-0.39, 0.29) is 12.0 Å². The zero-order valence-electron chi connectivity index (χ0n) is 15.5. The maximum absolute atomic E-state index is 9.20. The third-order valence-corrected chi connectivity index (χ3v) is 5.90. The molecule has 0 bridgehead atoms. The van der Waals surface area contributed by atoms with E-state index in [1.807, 2.05) is 6.92 Å². The standard InChI is InChI=1S/C20H28N4O2/c1-16-21-19(26-22-16)20-14-23(9-5-11-25)13-18(20)8-10-24(15-20)12-17-6-3-2-4-7-17/h2-4,6-7,18,25H,5,8-15H2,1H3/t18-,20+/m0/s1. The third kappa shape index (κ3) is 3.41. The normalized spacial score (nSPS) is 26.9. The van der Waals surface area contributed by atoms with E-state index in [1.165, 1.54) is 5.56 Å². The molecule has 1 aromatic heterocycles. The van der Waals surface area contributed by atoms with Gasteiger partial charge in [-0.2, -0.15) is 4.98 Å². The first-order chi connectivity index (χ1) is 12.7. The van der Waals surface area contributed by atoms with E-state index in [0.717, 1.165) is 58.0 Å². The van der Waals surface area contributed by atoms with E-state index in [9.17, 15) is 5.11 Å². The first kappa shape index (κ1) is 17.6. The van der Waals surface area contributed by atoms with Crippen LogP contribution in [-0.4, -0.2) is 64.4 Å². The van der Waals surface area contributed by atoms with Gasteiger partial charge in [-0.3, -0.25) is 4.90 Å². The van der Waals surface area contributed by atoms with Gasteiger partial charge in [0, 0.05) is 39.3 Å². The average Bonchev–Trinajstić information content (AvgIpc) is 3.25. The van der Waals surface area contributed by atoms with Gasteiger partial charge in [0.2, 0.25) is 5.89 Å². The van der Waals surface area contributed by atoms with Crippen LogP contribution in [0, 0.1) is 12.8 Å². The van der Waals surface area contributed by atoms with Gasteiger partial charge in [0.1, 0.15) is 0 Å². The number of nitrogens with zero attached hydrogens (tertiary/aromatic N) is 4. The number of aryl methyl sites for hydroxylation is 1. The molecule has 2 saturated heterocycles. The Hall–Kier alpha value is -1.76. The van der Waals surface area contributed by atoms with Crippen LogP contribution >= 0.6 is 0 Å². The summed E-state index contributed by atoms with van der Waals surface area (Å²) in [7, 11) is 0.